The van der Waals surface area contributed by atoms with Gasteiger partial charge < -0.3 is 14.2 Å². The summed E-state index contributed by atoms with van der Waals surface area (Å²) in [7, 11) is -1.08. The number of carbonyl (C=O) groups is 1. The van der Waals surface area contributed by atoms with E-state index in [2.05, 4.69) is 19.6 Å². The van der Waals surface area contributed by atoms with Gasteiger partial charge in [0.2, 0.25) is 0 Å². The number of hydrogen-bond acceptors (Lipinski definition) is 4. The lowest BCUT2D eigenvalue weighted by atomic mass is 10.2. The summed E-state index contributed by atoms with van der Waals surface area (Å²) in [5.41, 5.74) is 0.962. The van der Waals surface area contributed by atoms with Gasteiger partial charge in [-0.2, -0.15) is 0 Å². The minimum absolute atomic E-state index is 0.131. The van der Waals surface area contributed by atoms with Gasteiger partial charge in [-0.3, -0.25) is 0 Å². The van der Waals surface area contributed by atoms with Gasteiger partial charge in [-0.05, 0) is 18.5 Å². The average molecular weight is 310 g/mol. The molecule has 0 radical (unpaired) electrons. The smallest absolute Gasteiger partial charge is 0.335 e. The Morgan fingerprint density at radius 1 is 1.19 bits per heavy atom. The van der Waals surface area contributed by atoms with E-state index in [1.165, 1.54) is 0 Å². The molecular formula is C16H26O4Si. The standard InChI is InChI=1S/C16H26O4Si/c1-14(20-13-18-10-11-21(2,3)4)16(17)19-12-15-8-6-5-7-9-15/h5-9,14H,10-13H2,1-4H3. The van der Waals surface area contributed by atoms with Crippen molar-refractivity contribution in [3.8, 4) is 0 Å². The zero-order valence-electron chi connectivity index (χ0n) is 13.4. The van der Waals surface area contributed by atoms with Crippen LogP contribution in [0.2, 0.25) is 25.7 Å². The van der Waals surface area contributed by atoms with E-state index < -0.39 is 14.2 Å². The zero-order chi connectivity index (χ0) is 15.7. The maximum absolute atomic E-state index is 11.7. The molecule has 0 saturated carbocycles. The number of ether oxygens (including phenoxy) is 3. The molecule has 0 aliphatic carbocycles. The highest BCUT2D eigenvalue weighted by Gasteiger charge is 2.16. The first kappa shape index (κ1) is 17.9. The van der Waals surface area contributed by atoms with Crippen molar-refractivity contribution < 1.29 is 19.0 Å². The molecule has 0 amide bonds. The average Bonchev–Trinajstić information content (AvgIpc) is 2.44. The van der Waals surface area contributed by atoms with Crippen molar-refractivity contribution in [2.45, 2.75) is 45.3 Å². The fourth-order valence-corrected chi connectivity index (χ4v) is 2.26. The first-order chi connectivity index (χ1) is 9.88. The van der Waals surface area contributed by atoms with Gasteiger partial charge >= 0.3 is 5.97 Å². The molecule has 0 N–H and O–H groups in total. The molecule has 0 fully saturated rings. The van der Waals surface area contributed by atoms with E-state index in [1.54, 1.807) is 6.92 Å². The summed E-state index contributed by atoms with van der Waals surface area (Å²) in [4.78, 5) is 11.7. The summed E-state index contributed by atoms with van der Waals surface area (Å²) in [5, 5.41) is 0. The quantitative estimate of drug-likeness (QED) is 0.303. The summed E-state index contributed by atoms with van der Waals surface area (Å²) in [6.07, 6.45) is -0.611. The van der Waals surface area contributed by atoms with Crippen molar-refractivity contribution in [3.63, 3.8) is 0 Å². The van der Waals surface area contributed by atoms with Gasteiger partial charge in [-0.15, -0.1) is 0 Å². The largest absolute Gasteiger partial charge is 0.459 e. The predicted molar refractivity (Wildman–Crippen MR) is 85.8 cm³/mol. The van der Waals surface area contributed by atoms with Crippen molar-refractivity contribution >= 4 is 14.0 Å². The molecule has 0 aliphatic rings. The Morgan fingerprint density at radius 2 is 1.86 bits per heavy atom. The summed E-state index contributed by atoms with van der Waals surface area (Å²) in [5.74, 6) is -0.368. The molecule has 1 atom stereocenters. The summed E-state index contributed by atoms with van der Waals surface area (Å²) in [6.45, 7) is 9.63. The summed E-state index contributed by atoms with van der Waals surface area (Å²) >= 11 is 0. The van der Waals surface area contributed by atoms with Gasteiger partial charge in [0.15, 0.2) is 6.10 Å². The second-order valence-electron chi connectivity index (χ2n) is 6.24. The van der Waals surface area contributed by atoms with Crippen LogP contribution in [0.25, 0.3) is 0 Å². The molecule has 5 heteroatoms. The Labute approximate surface area is 128 Å². The van der Waals surface area contributed by atoms with E-state index in [9.17, 15) is 4.79 Å². The van der Waals surface area contributed by atoms with E-state index in [0.29, 0.717) is 6.61 Å². The molecule has 0 aromatic heterocycles. The third kappa shape index (κ3) is 8.65. The minimum atomic E-state index is -1.08. The maximum atomic E-state index is 11.7. The zero-order valence-corrected chi connectivity index (χ0v) is 14.4. The molecular weight excluding hydrogens is 284 g/mol. The molecule has 0 heterocycles. The van der Waals surface area contributed by atoms with Crippen molar-refractivity contribution in [2.24, 2.45) is 0 Å². The molecule has 4 nitrogen and oxygen atoms in total. The van der Waals surface area contributed by atoms with Crippen LogP contribution in [0, 0.1) is 0 Å². The molecule has 21 heavy (non-hydrogen) atoms. The highest BCUT2D eigenvalue weighted by atomic mass is 28.3. The van der Waals surface area contributed by atoms with E-state index in [1.807, 2.05) is 30.3 Å². The van der Waals surface area contributed by atoms with Crippen LogP contribution in [-0.2, 0) is 25.6 Å². The highest BCUT2D eigenvalue weighted by molar-refractivity contribution is 6.76. The Kier molecular flexibility index (Phi) is 7.64. The topological polar surface area (TPSA) is 44.8 Å². The number of hydrogen-bond donors (Lipinski definition) is 0. The van der Waals surface area contributed by atoms with Crippen LogP contribution in [-0.4, -0.2) is 33.5 Å². The third-order valence-corrected chi connectivity index (χ3v) is 4.66. The van der Waals surface area contributed by atoms with Crippen molar-refractivity contribution in [3.05, 3.63) is 35.9 Å². The Morgan fingerprint density at radius 3 is 2.48 bits per heavy atom. The molecule has 0 saturated heterocycles. The molecule has 118 valence electrons. The molecule has 0 aliphatic heterocycles. The fraction of sp³-hybridized carbons (Fsp3) is 0.562. The summed E-state index contributed by atoms with van der Waals surface area (Å²) < 4.78 is 15.9. The Bertz CT molecular complexity index is 414. The van der Waals surface area contributed by atoms with Crippen LogP contribution in [0.1, 0.15) is 12.5 Å². The van der Waals surface area contributed by atoms with Gasteiger partial charge in [0, 0.05) is 14.7 Å². The van der Waals surface area contributed by atoms with Gasteiger partial charge in [-0.25, -0.2) is 4.79 Å². The van der Waals surface area contributed by atoms with E-state index in [-0.39, 0.29) is 19.4 Å². The van der Waals surface area contributed by atoms with Crippen molar-refractivity contribution in [2.75, 3.05) is 13.4 Å². The monoisotopic (exact) mass is 310 g/mol. The molecule has 0 spiro atoms. The number of carbonyl (C=O) groups excluding carboxylic acids is 1. The van der Waals surface area contributed by atoms with Gasteiger partial charge in [0.1, 0.15) is 13.4 Å². The highest BCUT2D eigenvalue weighted by Crippen LogP contribution is 2.08. The fourth-order valence-electron chi connectivity index (χ4n) is 1.50. The van der Waals surface area contributed by atoms with Crippen molar-refractivity contribution in [1.82, 2.24) is 0 Å². The molecule has 1 aromatic rings. The lowest BCUT2D eigenvalue weighted by Crippen LogP contribution is -2.26. The lowest BCUT2D eigenvalue weighted by Gasteiger charge is -2.16. The maximum Gasteiger partial charge on any atom is 0.335 e. The summed E-state index contributed by atoms with van der Waals surface area (Å²) in [6, 6.07) is 10.7. The minimum Gasteiger partial charge on any atom is -0.459 e. The van der Waals surface area contributed by atoms with E-state index in [4.69, 9.17) is 14.2 Å². The SMILES string of the molecule is CC(OCOCC[Si](C)(C)C)C(=O)OCc1ccccc1. The number of rotatable bonds is 9. The molecule has 1 rings (SSSR count). The van der Waals surface area contributed by atoms with Crippen LogP contribution in [0.5, 0.6) is 0 Å². The molecule has 1 aromatic carbocycles. The lowest BCUT2D eigenvalue weighted by molar-refractivity contribution is -0.166. The van der Waals surface area contributed by atoms with Crippen LogP contribution < -0.4 is 0 Å². The normalized spacial score (nSPS) is 13.0. The van der Waals surface area contributed by atoms with Crippen LogP contribution >= 0.6 is 0 Å². The molecule has 1 unspecified atom stereocenters. The van der Waals surface area contributed by atoms with Crippen LogP contribution in [0.4, 0.5) is 0 Å². The van der Waals surface area contributed by atoms with Crippen LogP contribution in [0.3, 0.4) is 0 Å². The Hall–Kier alpha value is -1.17. The van der Waals surface area contributed by atoms with Crippen LogP contribution in [0.15, 0.2) is 30.3 Å². The van der Waals surface area contributed by atoms with E-state index >= 15 is 0 Å². The molecule has 0 bridgehead atoms. The number of benzene rings is 1. The van der Waals surface area contributed by atoms with E-state index in [0.717, 1.165) is 11.6 Å². The third-order valence-electron chi connectivity index (χ3n) is 2.95. The number of esters is 1. The first-order valence-corrected chi connectivity index (χ1v) is 11.0. The second-order valence-corrected chi connectivity index (χ2v) is 11.9. The Balaban J connectivity index is 2.14. The van der Waals surface area contributed by atoms with Gasteiger partial charge in [-0.1, -0.05) is 50.0 Å². The second kappa shape index (κ2) is 8.97. The van der Waals surface area contributed by atoms with Gasteiger partial charge in [0.25, 0.3) is 0 Å². The first-order valence-electron chi connectivity index (χ1n) is 7.28. The van der Waals surface area contributed by atoms with Gasteiger partial charge in [0.05, 0.1) is 0 Å². The van der Waals surface area contributed by atoms with Crippen molar-refractivity contribution in [1.29, 1.82) is 0 Å². The predicted octanol–water partition coefficient (Wildman–Crippen LogP) is 3.45.